The number of ether oxygens (including phenoxy) is 1. The summed E-state index contributed by atoms with van der Waals surface area (Å²) >= 11 is 0. The summed E-state index contributed by atoms with van der Waals surface area (Å²) in [6.07, 6.45) is 4.32. The number of carbonyl (C=O) groups excluding carboxylic acids is 1. The SMILES string of the molecule is COC(=O)c1cc2c(oc1=O)C1CCC(C2)C1. The molecule has 2 atom stereocenters. The van der Waals surface area contributed by atoms with E-state index in [0.29, 0.717) is 11.8 Å². The van der Waals surface area contributed by atoms with Crippen molar-refractivity contribution in [1.29, 1.82) is 0 Å². The second kappa shape index (κ2) is 3.72. The molecule has 2 aliphatic rings. The van der Waals surface area contributed by atoms with Crippen LogP contribution in [0.5, 0.6) is 0 Å². The quantitative estimate of drug-likeness (QED) is 0.696. The minimum atomic E-state index is -0.612. The third-order valence-corrected chi connectivity index (χ3v) is 3.88. The first-order valence-corrected chi connectivity index (χ1v) is 5.94. The highest BCUT2D eigenvalue weighted by molar-refractivity contribution is 5.88. The van der Waals surface area contributed by atoms with E-state index >= 15 is 0 Å². The molecule has 90 valence electrons. The van der Waals surface area contributed by atoms with Gasteiger partial charge >= 0.3 is 11.6 Å². The van der Waals surface area contributed by atoms with E-state index in [-0.39, 0.29) is 5.56 Å². The van der Waals surface area contributed by atoms with E-state index < -0.39 is 11.6 Å². The maximum Gasteiger partial charge on any atom is 0.350 e. The van der Waals surface area contributed by atoms with Gasteiger partial charge in [0.05, 0.1) is 7.11 Å². The largest absolute Gasteiger partial charge is 0.465 e. The van der Waals surface area contributed by atoms with Gasteiger partial charge in [-0.15, -0.1) is 0 Å². The van der Waals surface area contributed by atoms with Gasteiger partial charge in [-0.3, -0.25) is 0 Å². The second-order valence-electron chi connectivity index (χ2n) is 4.91. The minimum Gasteiger partial charge on any atom is -0.465 e. The number of carbonyl (C=O) groups is 1. The molecular formula is C13H14O4. The van der Waals surface area contributed by atoms with Gasteiger partial charge < -0.3 is 9.15 Å². The van der Waals surface area contributed by atoms with Crippen LogP contribution in [-0.2, 0) is 11.2 Å². The molecule has 0 aliphatic heterocycles. The first-order valence-electron chi connectivity index (χ1n) is 5.94. The van der Waals surface area contributed by atoms with Crippen molar-refractivity contribution in [2.45, 2.75) is 31.6 Å². The van der Waals surface area contributed by atoms with E-state index in [4.69, 9.17) is 4.42 Å². The van der Waals surface area contributed by atoms with E-state index in [0.717, 1.165) is 30.6 Å². The first kappa shape index (κ1) is 10.6. The van der Waals surface area contributed by atoms with Crippen LogP contribution in [0.1, 0.15) is 46.9 Å². The van der Waals surface area contributed by atoms with Crippen LogP contribution in [-0.4, -0.2) is 13.1 Å². The molecule has 4 heteroatoms. The van der Waals surface area contributed by atoms with Crippen LogP contribution in [0.2, 0.25) is 0 Å². The van der Waals surface area contributed by atoms with Crippen LogP contribution in [0.3, 0.4) is 0 Å². The van der Waals surface area contributed by atoms with Gasteiger partial charge in [0.25, 0.3) is 0 Å². The Kier molecular flexibility index (Phi) is 2.31. The number of hydrogen-bond donors (Lipinski definition) is 0. The lowest BCUT2D eigenvalue weighted by atomic mass is 9.87. The molecule has 4 nitrogen and oxygen atoms in total. The van der Waals surface area contributed by atoms with Gasteiger partial charge in [-0.2, -0.15) is 0 Å². The predicted molar refractivity (Wildman–Crippen MR) is 60.1 cm³/mol. The molecule has 3 rings (SSSR count). The smallest absolute Gasteiger partial charge is 0.350 e. The lowest BCUT2D eigenvalue weighted by molar-refractivity contribution is 0.0594. The zero-order chi connectivity index (χ0) is 12.0. The van der Waals surface area contributed by atoms with Crippen LogP contribution >= 0.6 is 0 Å². The van der Waals surface area contributed by atoms with Crippen LogP contribution in [0.15, 0.2) is 15.3 Å². The fourth-order valence-electron chi connectivity index (χ4n) is 3.09. The van der Waals surface area contributed by atoms with E-state index in [1.807, 2.05) is 0 Å². The van der Waals surface area contributed by atoms with Crippen LogP contribution in [0.4, 0.5) is 0 Å². The van der Waals surface area contributed by atoms with Gasteiger partial charge in [0.15, 0.2) is 0 Å². The Morgan fingerprint density at radius 1 is 1.47 bits per heavy atom. The van der Waals surface area contributed by atoms with Crippen molar-refractivity contribution in [2.75, 3.05) is 7.11 Å². The standard InChI is InChI=1S/C13H14O4/c1-16-12(14)10-6-9-5-7-2-3-8(4-7)11(9)17-13(10)15/h6-8H,2-5H2,1H3. The van der Waals surface area contributed by atoms with Crippen LogP contribution < -0.4 is 5.63 Å². The Labute approximate surface area is 98.6 Å². The third kappa shape index (κ3) is 1.59. The van der Waals surface area contributed by atoms with Crippen molar-refractivity contribution in [3.63, 3.8) is 0 Å². The number of methoxy groups -OCH3 is 1. The lowest BCUT2D eigenvalue weighted by Crippen LogP contribution is -2.20. The highest BCUT2D eigenvalue weighted by Crippen LogP contribution is 2.45. The summed E-state index contributed by atoms with van der Waals surface area (Å²) in [4.78, 5) is 23.1. The molecule has 0 aromatic carbocycles. The van der Waals surface area contributed by atoms with Crippen molar-refractivity contribution < 1.29 is 13.9 Å². The number of esters is 1. The van der Waals surface area contributed by atoms with Crippen molar-refractivity contribution in [1.82, 2.24) is 0 Å². The Bertz CT molecular complexity index is 529. The molecule has 1 fully saturated rings. The molecule has 2 aliphatic carbocycles. The van der Waals surface area contributed by atoms with Gasteiger partial charge in [-0.1, -0.05) is 0 Å². The molecule has 1 aromatic rings. The molecule has 1 aromatic heterocycles. The average Bonchev–Trinajstić information content (AvgIpc) is 2.72. The van der Waals surface area contributed by atoms with Crippen molar-refractivity contribution in [2.24, 2.45) is 5.92 Å². The predicted octanol–water partition coefficient (Wildman–Crippen LogP) is 1.87. The second-order valence-corrected chi connectivity index (χ2v) is 4.91. The zero-order valence-corrected chi connectivity index (χ0v) is 9.69. The van der Waals surface area contributed by atoms with Crippen LogP contribution in [0.25, 0.3) is 0 Å². The molecule has 0 radical (unpaired) electrons. The van der Waals surface area contributed by atoms with Crippen molar-refractivity contribution in [3.8, 4) is 0 Å². The molecule has 0 N–H and O–H groups in total. The molecule has 2 bridgehead atoms. The third-order valence-electron chi connectivity index (χ3n) is 3.88. The fraction of sp³-hybridized carbons (Fsp3) is 0.538. The minimum absolute atomic E-state index is 0.0209. The first-order chi connectivity index (χ1) is 8.19. The van der Waals surface area contributed by atoms with E-state index in [2.05, 4.69) is 4.74 Å². The number of rotatable bonds is 1. The summed E-state index contributed by atoms with van der Waals surface area (Å²) in [5.74, 6) is 1.25. The average molecular weight is 234 g/mol. The summed E-state index contributed by atoms with van der Waals surface area (Å²) in [5.41, 5.74) is 0.470. The fourth-order valence-corrected chi connectivity index (χ4v) is 3.09. The van der Waals surface area contributed by atoms with E-state index in [1.165, 1.54) is 13.5 Å². The summed E-state index contributed by atoms with van der Waals surface area (Å²) < 4.78 is 9.91. The molecule has 1 saturated carbocycles. The summed E-state index contributed by atoms with van der Waals surface area (Å²) in [6, 6.07) is 1.66. The molecular weight excluding hydrogens is 220 g/mol. The highest BCUT2D eigenvalue weighted by Gasteiger charge is 2.35. The maximum atomic E-state index is 11.7. The molecule has 1 heterocycles. The van der Waals surface area contributed by atoms with E-state index in [1.54, 1.807) is 6.07 Å². The Morgan fingerprint density at radius 3 is 3.06 bits per heavy atom. The highest BCUT2D eigenvalue weighted by atomic mass is 16.5. The maximum absolute atomic E-state index is 11.7. The van der Waals surface area contributed by atoms with Gasteiger partial charge in [0.2, 0.25) is 0 Å². The normalized spacial score (nSPS) is 25.5. The molecule has 17 heavy (non-hydrogen) atoms. The van der Waals surface area contributed by atoms with Gasteiger partial charge in [0.1, 0.15) is 11.3 Å². The Balaban J connectivity index is 2.11. The summed E-state index contributed by atoms with van der Waals surface area (Å²) in [6.45, 7) is 0. The van der Waals surface area contributed by atoms with Crippen molar-refractivity contribution >= 4 is 5.97 Å². The molecule has 0 saturated heterocycles. The van der Waals surface area contributed by atoms with Crippen molar-refractivity contribution in [3.05, 3.63) is 33.4 Å². The Morgan fingerprint density at radius 2 is 2.29 bits per heavy atom. The Hall–Kier alpha value is -1.58. The van der Waals surface area contributed by atoms with Gasteiger partial charge in [0, 0.05) is 5.92 Å². The van der Waals surface area contributed by atoms with E-state index in [9.17, 15) is 9.59 Å². The van der Waals surface area contributed by atoms with Gasteiger partial charge in [-0.25, -0.2) is 9.59 Å². The summed E-state index contributed by atoms with van der Waals surface area (Å²) in [5, 5.41) is 0. The topological polar surface area (TPSA) is 56.5 Å². The molecule has 2 unspecified atom stereocenters. The lowest BCUT2D eigenvalue weighted by Gasteiger charge is -2.20. The molecule has 0 amide bonds. The molecule has 0 spiro atoms. The summed E-state index contributed by atoms with van der Waals surface area (Å²) in [7, 11) is 1.27. The number of fused-ring (bicyclic) bond motifs is 4. The van der Waals surface area contributed by atoms with Gasteiger partial charge in [-0.05, 0) is 43.2 Å². The monoisotopic (exact) mass is 234 g/mol. The zero-order valence-electron chi connectivity index (χ0n) is 9.69. The number of hydrogen-bond acceptors (Lipinski definition) is 4. The van der Waals surface area contributed by atoms with Crippen LogP contribution in [0, 0.1) is 5.92 Å².